The van der Waals surface area contributed by atoms with Gasteiger partial charge in [-0.25, -0.2) is 0 Å². The zero-order valence-corrected chi connectivity index (χ0v) is 20.5. The van der Waals surface area contributed by atoms with Crippen molar-refractivity contribution in [2.75, 3.05) is 19.8 Å². The topological polar surface area (TPSA) is 149 Å². The Labute approximate surface area is 218 Å². The van der Waals surface area contributed by atoms with Crippen molar-refractivity contribution in [3.63, 3.8) is 0 Å². The van der Waals surface area contributed by atoms with Crippen molar-refractivity contribution in [1.82, 2.24) is 4.90 Å². The predicted molar refractivity (Wildman–Crippen MR) is 129 cm³/mol. The summed E-state index contributed by atoms with van der Waals surface area (Å²) in [6, 6.07) is 16.1. The van der Waals surface area contributed by atoms with Gasteiger partial charge in [-0.15, -0.1) is 0 Å². The maximum Gasteiger partial charge on any atom is 0.303 e. The van der Waals surface area contributed by atoms with Crippen LogP contribution in [-0.4, -0.2) is 67.0 Å². The Bertz CT molecular complexity index is 1250. The molecule has 2 amide bonds. The summed E-state index contributed by atoms with van der Waals surface area (Å²) in [7, 11) is 0. The molecule has 0 bridgehead atoms. The molecule has 0 aromatic heterocycles. The van der Waals surface area contributed by atoms with Crippen molar-refractivity contribution in [1.29, 1.82) is 0 Å². The van der Waals surface area contributed by atoms with Gasteiger partial charge in [-0.05, 0) is 17.2 Å². The molecule has 12 heteroatoms. The highest BCUT2D eigenvalue weighted by Crippen LogP contribution is 2.40. The molecular weight excluding hydrogens is 496 g/mol. The number of rotatable bonds is 7. The number of nitrogens with zero attached hydrogens (tertiary/aromatic N) is 4. The lowest BCUT2D eigenvalue weighted by Gasteiger charge is -2.48. The number of imide groups is 1. The van der Waals surface area contributed by atoms with E-state index in [1.807, 2.05) is 30.3 Å². The van der Waals surface area contributed by atoms with Crippen molar-refractivity contribution in [2.45, 2.75) is 44.4 Å². The van der Waals surface area contributed by atoms with E-state index in [9.17, 15) is 14.4 Å². The quantitative estimate of drug-likeness (QED) is 0.135. The van der Waals surface area contributed by atoms with E-state index >= 15 is 0 Å². The van der Waals surface area contributed by atoms with E-state index < -0.39 is 54.6 Å². The smallest absolute Gasteiger partial charge is 0.303 e. The lowest BCUT2D eigenvalue weighted by molar-refractivity contribution is -0.350. The van der Waals surface area contributed by atoms with E-state index in [0.29, 0.717) is 11.1 Å². The van der Waals surface area contributed by atoms with Crippen molar-refractivity contribution >= 4 is 17.8 Å². The molecule has 3 heterocycles. The van der Waals surface area contributed by atoms with Gasteiger partial charge in [0.25, 0.3) is 5.91 Å². The SMILES string of the molecule is CC(=O)O[C@H]1[C@@H]2OC(c3ccccc3)OC[C@H]2O[C@@H](OCCN=[N+]=[N-])[C@@H]1C(=O)N1Cc2ccccc2C1=O. The van der Waals surface area contributed by atoms with Gasteiger partial charge in [0.1, 0.15) is 24.2 Å². The largest absolute Gasteiger partial charge is 0.459 e. The highest BCUT2D eigenvalue weighted by atomic mass is 16.8. The van der Waals surface area contributed by atoms with Crippen LogP contribution in [0.4, 0.5) is 0 Å². The lowest BCUT2D eigenvalue weighted by atomic mass is 9.88. The van der Waals surface area contributed by atoms with E-state index in [4.69, 9.17) is 29.2 Å². The first-order chi connectivity index (χ1) is 18.5. The van der Waals surface area contributed by atoms with Gasteiger partial charge in [0, 0.05) is 29.5 Å². The first-order valence-corrected chi connectivity index (χ1v) is 12.2. The third-order valence-electron chi connectivity index (χ3n) is 6.62. The second kappa shape index (κ2) is 11.3. The summed E-state index contributed by atoms with van der Waals surface area (Å²) in [5.41, 5.74) is 10.5. The van der Waals surface area contributed by atoms with Crippen LogP contribution in [0.15, 0.2) is 59.7 Å². The monoisotopic (exact) mass is 522 g/mol. The molecule has 5 rings (SSSR count). The normalized spacial score (nSPS) is 28.1. The molecule has 0 aliphatic carbocycles. The summed E-state index contributed by atoms with van der Waals surface area (Å²) in [5.74, 6) is -2.96. The summed E-state index contributed by atoms with van der Waals surface area (Å²) < 4.78 is 29.7. The number of azide groups is 1. The second-order valence-electron chi connectivity index (χ2n) is 9.03. The molecule has 6 atom stereocenters. The number of ether oxygens (including phenoxy) is 5. The van der Waals surface area contributed by atoms with E-state index in [1.54, 1.807) is 24.3 Å². The van der Waals surface area contributed by atoms with Crippen molar-refractivity contribution in [2.24, 2.45) is 11.0 Å². The fourth-order valence-electron chi connectivity index (χ4n) is 4.95. The van der Waals surface area contributed by atoms with Crippen LogP contribution in [0.3, 0.4) is 0 Å². The summed E-state index contributed by atoms with van der Waals surface area (Å²) in [4.78, 5) is 43.2. The van der Waals surface area contributed by atoms with Gasteiger partial charge in [0.05, 0.1) is 19.8 Å². The minimum Gasteiger partial charge on any atom is -0.459 e. The second-order valence-corrected chi connectivity index (χ2v) is 9.03. The predicted octanol–water partition coefficient (Wildman–Crippen LogP) is 2.88. The molecule has 0 spiro atoms. The van der Waals surface area contributed by atoms with Crippen LogP contribution in [0.25, 0.3) is 10.4 Å². The first-order valence-electron chi connectivity index (χ1n) is 12.2. The Hall–Kier alpha value is -3.80. The minimum absolute atomic E-state index is 0.0131. The van der Waals surface area contributed by atoms with Gasteiger partial charge < -0.3 is 23.7 Å². The number of amides is 2. The van der Waals surface area contributed by atoms with Crippen LogP contribution in [0.5, 0.6) is 0 Å². The molecule has 2 saturated heterocycles. The lowest BCUT2D eigenvalue weighted by Crippen LogP contribution is -2.64. The number of benzene rings is 2. The van der Waals surface area contributed by atoms with E-state index in [0.717, 1.165) is 10.5 Å². The third kappa shape index (κ3) is 5.13. The minimum atomic E-state index is -1.24. The number of carbonyl (C=O) groups excluding carboxylic acids is 3. The highest BCUT2D eigenvalue weighted by molar-refractivity contribution is 6.08. The van der Waals surface area contributed by atoms with Crippen LogP contribution in [-0.2, 0) is 39.8 Å². The molecular formula is C26H26N4O8. The first kappa shape index (κ1) is 25.8. The molecule has 38 heavy (non-hydrogen) atoms. The average molecular weight is 523 g/mol. The van der Waals surface area contributed by atoms with Gasteiger partial charge in [-0.1, -0.05) is 53.6 Å². The number of hydrogen-bond donors (Lipinski definition) is 0. The molecule has 2 fully saturated rings. The summed E-state index contributed by atoms with van der Waals surface area (Å²) in [6.07, 6.45) is -4.77. The van der Waals surface area contributed by atoms with Gasteiger partial charge >= 0.3 is 5.97 Å². The number of hydrogen-bond acceptors (Lipinski definition) is 9. The van der Waals surface area contributed by atoms with Gasteiger partial charge in [0.15, 0.2) is 12.6 Å². The molecule has 0 radical (unpaired) electrons. The Morgan fingerprint density at radius 2 is 1.89 bits per heavy atom. The fraction of sp³-hybridized carbons (Fsp3) is 0.423. The molecule has 198 valence electrons. The fourth-order valence-corrected chi connectivity index (χ4v) is 4.95. The zero-order valence-electron chi connectivity index (χ0n) is 20.5. The molecule has 2 aromatic rings. The van der Waals surface area contributed by atoms with Gasteiger partial charge in [0.2, 0.25) is 5.91 Å². The van der Waals surface area contributed by atoms with Crippen molar-refractivity contribution in [3.05, 3.63) is 81.7 Å². The summed E-state index contributed by atoms with van der Waals surface area (Å²) in [6.45, 7) is 1.29. The van der Waals surface area contributed by atoms with Gasteiger partial charge in [-0.2, -0.15) is 0 Å². The summed E-state index contributed by atoms with van der Waals surface area (Å²) in [5, 5.41) is 3.45. The molecule has 1 unspecified atom stereocenters. The Morgan fingerprint density at radius 3 is 2.63 bits per heavy atom. The number of carbonyl (C=O) groups is 3. The highest BCUT2D eigenvalue weighted by Gasteiger charge is 2.56. The van der Waals surface area contributed by atoms with Crippen LogP contribution in [0, 0.1) is 5.92 Å². The molecule has 3 aliphatic rings. The number of esters is 1. The average Bonchev–Trinajstić information content (AvgIpc) is 3.27. The van der Waals surface area contributed by atoms with Crippen LogP contribution < -0.4 is 0 Å². The number of fused-ring (bicyclic) bond motifs is 2. The molecule has 2 aromatic carbocycles. The Morgan fingerprint density at radius 1 is 1.13 bits per heavy atom. The van der Waals surface area contributed by atoms with Crippen LogP contribution in [0.1, 0.15) is 34.7 Å². The van der Waals surface area contributed by atoms with Crippen molar-refractivity contribution < 1.29 is 38.1 Å². The summed E-state index contributed by atoms with van der Waals surface area (Å²) >= 11 is 0. The van der Waals surface area contributed by atoms with Crippen LogP contribution in [0.2, 0.25) is 0 Å². The molecule has 3 aliphatic heterocycles. The van der Waals surface area contributed by atoms with Gasteiger partial charge in [-0.3, -0.25) is 19.3 Å². The standard InChI is InChI=1S/C26H26N4O8/c1-15(31)36-22-20(24(33)30-13-17-9-5-6-10-18(17)23(30)32)26(34-12-11-28-29-27)37-19-14-35-25(38-21(19)22)16-7-3-2-4-8-16/h2-10,19-22,25-26H,11-14H2,1H3/t19-,20+,21-,22-,25?,26-/m1/s1. The van der Waals surface area contributed by atoms with E-state index in [-0.39, 0.29) is 26.3 Å². The molecule has 0 N–H and O–H groups in total. The maximum absolute atomic E-state index is 14.0. The van der Waals surface area contributed by atoms with Crippen LogP contribution >= 0.6 is 0 Å². The Balaban J connectivity index is 1.46. The zero-order chi connectivity index (χ0) is 26.6. The van der Waals surface area contributed by atoms with E-state index in [2.05, 4.69) is 10.0 Å². The Kier molecular flexibility index (Phi) is 7.68. The van der Waals surface area contributed by atoms with Crippen molar-refractivity contribution in [3.8, 4) is 0 Å². The third-order valence-corrected chi connectivity index (χ3v) is 6.62. The van der Waals surface area contributed by atoms with E-state index in [1.165, 1.54) is 6.92 Å². The molecule has 0 saturated carbocycles. The molecule has 12 nitrogen and oxygen atoms in total. The maximum atomic E-state index is 14.0.